The number of rotatable bonds is 8. The van der Waals surface area contributed by atoms with E-state index in [4.69, 9.17) is 10.5 Å². The predicted octanol–water partition coefficient (Wildman–Crippen LogP) is 3.73. The molecule has 0 aromatic heterocycles. The van der Waals surface area contributed by atoms with Crippen molar-refractivity contribution >= 4 is 11.6 Å². The zero-order chi connectivity index (χ0) is 17.4. The summed E-state index contributed by atoms with van der Waals surface area (Å²) in [5.41, 5.74) is 9.08. The highest BCUT2D eigenvalue weighted by molar-refractivity contribution is 5.96. The predicted molar refractivity (Wildman–Crippen MR) is 98.5 cm³/mol. The third-order valence-electron chi connectivity index (χ3n) is 3.90. The van der Waals surface area contributed by atoms with E-state index in [0.717, 1.165) is 37.2 Å². The molecular formula is C20H26N2O2. The number of carbonyl (C=O) groups is 1. The lowest BCUT2D eigenvalue weighted by atomic mass is 10.1. The van der Waals surface area contributed by atoms with Gasteiger partial charge in [-0.15, -0.1) is 0 Å². The van der Waals surface area contributed by atoms with E-state index >= 15 is 0 Å². The number of aryl methyl sites for hydroxylation is 1. The second-order valence-electron chi connectivity index (χ2n) is 5.93. The minimum absolute atomic E-state index is 0.0840. The lowest BCUT2D eigenvalue weighted by Crippen LogP contribution is -2.26. The molecule has 4 nitrogen and oxygen atoms in total. The summed E-state index contributed by atoms with van der Waals surface area (Å²) in [5, 5.41) is 2.95. The van der Waals surface area contributed by atoms with Gasteiger partial charge >= 0.3 is 0 Å². The topological polar surface area (TPSA) is 64.3 Å². The van der Waals surface area contributed by atoms with Gasteiger partial charge in [-0.25, -0.2) is 0 Å². The zero-order valence-corrected chi connectivity index (χ0v) is 14.5. The van der Waals surface area contributed by atoms with E-state index in [1.54, 1.807) is 12.1 Å². The number of benzene rings is 2. The van der Waals surface area contributed by atoms with E-state index in [0.29, 0.717) is 17.8 Å². The number of nitrogens with two attached hydrogens (primary N) is 1. The van der Waals surface area contributed by atoms with Gasteiger partial charge in [-0.3, -0.25) is 4.79 Å². The normalized spacial score (nSPS) is 10.4. The minimum atomic E-state index is -0.0840. The second-order valence-corrected chi connectivity index (χ2v) is 5.93. The summed E-state index contributed by atoms with van der Waals surface area (Å²) in [7, 11) is 0. The van der Waals surface area contributed by atoms with Gasteiger partial charge in [-0.2, -0.15) is 0 Å². The van der Waals surface area contributed by atoms with Gasteiger partial charge in [0.15, 0.2) is 0 Å². The van der Waals surface area contributed by atoms with Crippen molar-refractivity contribution in [2.75, 3.05) is 18.9 Å². The molecule has 0 bridgehead atoms. The van der Waals surface area contributed by atoms with Gasteiger partial charge in [-0.1, -0.05) is 31.5 Å². The number of unbranched alkanes of at least 4 members (excludes halogenated alkanes) is 1. The highest BCUT2D eigenvalue weighted by Crippen LogP contribution is 2.14. The summed E-state index contributed by atoms with van der Waals surface area (Å²) >= 11 is 0. The first kappa shape index (κ1) is 17.9. The summed E-state index contributed by atoms with van der Waals surface area (Å²) < 4.78 is 5.64. The first-order chi connectivity index (χ1) is 11.6. The summed E-state index contributed by atoms with van der Waals surface area (Å²) in [4.78, 5) is 12.2. The quantitative estimate of drug-likeness (QED) is 0.574. The Hall–Kier alpha value is -2.49. The lowest BCUT2D eigenvalue weighted by Gasteiger charge is -2.09. The number of carbonyl (C=O) groups excluding carboxylic acids is 1. The molecule has 1 amide bonds. The SMILES string of the molecule is CCCCOc1ccc(CCNC(=O)c2cc(N)ccc2C)cc1. The van der Waals surface area contributed by atoms with Crippen molar-refractivity contribution in [3.63, 3.8) is 0 Å². The van der Waals surface area contributed by atoms with Crippen LogP contribution in [0.3, 0.4) is 0 Å². The highest BCUT2D eigenvalue weighted by atomic mass is 16.5. The molecule has 0 fully saturated rings. The monoisotopic (exact) mass is 326 g/mol. The minimum Gasteiger partial charge on any atom is -0.494 e. The van der Waals surface area contributed by atoms with Crippen LogP contribution in [0.15, 0.2) is 42.5 Å². The molecule has 0 unspecified atom stereocenters. The molecule has 2 aromatic rings. The number of hydrogen-bond acceptors (Lipinski definition) is 3. The van der Waals surface area contributed by atoms with E-state index in [9.17, 15) is 4.79 Å². The lowest BCUT2D eigenvalue weighted by molar-refractivity contribution is 0.0953. The molecule has 0 spiro atoms. The summed E-state index contributed by atoms with van der Waals surface area (Å²) in [6.45, 7) is 5.40. The van der Waals surface area contributed by atoms with Crippen LogP contribution in [0.2, 0.25) is 0 Å². The Balaban J connectivity index is 1.81. The Bertz CT molecular complexity index is 666. The van der Waals surface area contributed by atoms with Crippen LogP contribution in [0.25, 0.3) is 0 Å². The maximum absolute atomic E-state index is 12.2. The number of nitrogen functional groups attached to an aromatic ring is 1. The smallest absolute Gasteiger partial charge is 0.251 e. The van der Waals surface area contributed by atoms with Crippen LogP contribution in [-0.2, 0) is 6.42 Å². The molecule has 0 heterocycles. The van der Waals surface area contributed by atoms with Crippen LogP contribution in [0.1, 0.15) is 41.3 Å². The summed E-state index contributed by atoms with van der Waals surface area (Å²) in [5.74, 6) is 0.811. The maximum atomic E-state index is 12.2. The zero-order valence-electron chi connectivity index (χ0n) is 14.5. The third kappa shape index (κ3) is 5.30. The van der Waals surface area contributed by atoms with Crippen molar-refractivity contribution < 1.29 is 9.53 Å². The van der Waals surface area contributed by atoms with Gasteiger partial charge < -0.3 is 15.8 Å². The van der Waals surface area contributed by atoms with E-state index in [1.807, 2.05) is 37.3 Å². The molecule has 0 atom stereocenters. The van der Waals surface area contributed by atoms with Gasteiger partial charge in [0.25, 0.3) is 5.91 Å². The molecule has 2 aromatic carbocycles. The molecule has 0 saturated heterocycles. The number of ether oxygens (including phenoxy) is 1. The standard InChI is InChI=1S/C20H26N2O2/c1-3-4-13-24-18-9-6-16(7-10-18)11-12-22-20(23)19-14-17(21)8-5-15(19)2/h5-10,14H,3-4,11-13,21H2,1-2H3,(H,22,23). The fraction of sp³-hybridized carbons (Fsp3) is 0.350. The average molecular weight is 326 g/mol. The van der Waals surface area contributed by atoms with Crippen molar-refractivity contribution in [2.24, 2.45) is 0 Å². The number of nitrogens with one attached hydrogen (secondary N) is 1. The van der Waals surface area contributed by atoms with Crippen molar-refractivity contribution in [3.05, 3.63) is 59.2 Å². The van der Waals surface area contributed by atoms with Crippen molar-refractivity contribution in [1.82, 2.24) is 5.32 Å². The first-order valence-electron chi connectivity index (χ1n) is 8.46. The van der Waals surface area contributed by atoms with Crippen LogP contribution >= 0.6 is 0 Å². The van der Waals surface area contributed by atoms with Crippen LogP contribution in [-0.4, -0.2) is 19.1 Å². The van der Waals surface area contributed by atoms with Gasteiger partial charge in [0.1, 0.15) is 5.75 Å². The molecule has 24 heavy (non-hydrogen) atoms. The molecule has 3 N–H and O–H groups in total. The van der Waals surface area contributed by atoms with Crippen LogP contribution < -0.4 is 15.8 Å². The van der Waals surface area contributed by atoms with Crippen LogP contribution in [0.4, 0.5) is 5.69 Å². The summed E-state index contributed by atoms with van der Waals surface area (Å²) in [6, 6.07) is 13.4. The van der Waals surface area contributed by atoms with Crippen LogP contribution in [0.5, 0.6) is 5.75 Å². The van der Waals surface area contributed by atoms with E-state index in [1.165, 1.54) is 5.56 Å². The van der Waals surface area contributed by atoms with Gasteiger partial charge in [0.05, 0.1) is 6.61 Å². The van der Waals surface area contributed by atoms with Crippen molar-refractivity contribution in [3.8, 4) is 5.75 Å². The fourth-order valence-corrected chi connectivity index (χ4v) is 2.39. The molecule has 2 rings (SSSR count). The molecule has 128 valence electrons. The Labute approximate surface area is 144 Å². The number of anilines is 1. The van der Waals surface area contributed by atoms with Crippen molar-refractivity contribution in [2.45, 2.75) is 33.1 Å². The van der Waals surface area contributed by atoms with Gasteiger partial charge in [-0.05, 0) is 55.2 Å². The van der Waals surface area contributed by atoms with Crippen molar-refractivity contribution in [1.29, 1.82) is 0 Å². The molecule has 0 aliphatic rings. The average Bonchev–Trinajstić information content (AvgIpc) is 2.58. The Kier molecular flexibility index (Phi) is 6.67. The van der Waals surface area contributed by atoms with E-state index < -0.39 is 0 Å². The molecule has 0 saturated carbocycles. The molecule has 0 aliphatic carbocycles. The highest BCUT2D eigenvalue weighted by Gasteiger charge is 2.08. The number of amides is 1. The molecule has 0 radical (unpaired) electrons. The third-order valence-corrected chi connectivity index (χ3v) is 3.90. The van der Waals surface area contributed by atoms with Crippen LogP contribution in [0, 0.1) is 6.92 Å². The van der Waals surface area contributed by atoms with E-state index in [-0.39, 0.29) is 5.91 Å². The fourth-order valence-electron chi connectivity index (χ4n) is 2.39. The Morgan fingerprint density at radius 3 is 2.62 bits per heavy atom. The maximum Gasteiger partial charge on any atom is 0.251 e. The van der Waals surface area contributed by atoms with Gasteiger partial charge in [0, 0.05) is 17.8 Å². The largest absolute Gasteiger partial charge is 0.494 e. The van der Waals surface area contributed by atoms with E-state index in [2.05, 4.69) is 12.2 Å². The van der Waals surface area contributed by atoms with Gasteiger partial charge in [0.2, 0.25) is 0 Å². The molecule has 0 aliphatic heterocycles. The number of hydrogen-bond donors (Lipinski definition) is 2. The second kappa shape index (κ2) is 8.96. The molecule has 4 heteroatoms. The molecular weight excluding hydrogens is 300 g/mol. The summed E-state index contributed by atoms with van der Waals surface area (Å²) in [6.07, 6.45) is 2.98. The Morgan fingerprint density at radius 2 is 1.92 bits per heavy atom. The first-order valence-corrected chi connectivity index (χ1v) is 8.46. The Morgan fingerprint density at radius 1 is 1.17 bits per heavy atom.